The third kappa shape index (κ3) is 4.12. The Balaban J connectivity index is 1.63. The molecule has 140 valence electrons. The molecular weight excluding hydrogens is 338 g/mol. The molecule has 8 nitrogen and oxygen atoms in total. The standard InChI is InChI=1S/C18H23N3O5/c1-2-9-19(12-13-5-6-13)17(22)4-3-10-20-15-8-7-14(21(24)25)11-16(15)26-18(20)23/h7-8,11,13H,2-6,9-10,12H2,1H3. The van der Waals surface area contributed by atoms with Crippen LogP contribution in [0.1, 0.15) is 39.0 Å². The molecule has 8 heteroatoms. The lowest BCUT2D eigenvalue weighted by atomic mass is 10.2. The van der Waals surface area contributed by atoms with Crippen LogP contribution in [0.4, 0.5) is 5.69 Å². The number of non-ortho nitro benzene ring substituents is 1. The molecule has 0 atom stereocenters. The van der Waals surface area contributed by atoms with E-state index in [-0.39, 0.29) is 17.2 Å². The first-order valence-corrected chi connectivity index (χ1v) is 9.05. The molecule has 1 saturated carbocycles. The molecule has 0 radical (unpaired) electrons. The van der Waals surface area contributed by atoms with Crippen LogP contribution in [0.15, 0.2) is 27.4 Å². The lowest BCUT2D eigenvalue weighted by Crippen LogP contribution is -2.33. The highest BCUT2D eigenvalue weighted by molar-refractivity contribution is 5.77. The maximum atomic E-state index is 12.4. The predicted molar refractivity (Wildman–Crippen MR) is 96.0 cm³/mol. The molecule has 26 heavy (non-hydrogen) atoms. The number of aromatic nitrogens is 1. The number of hydrogen-bond acceptors (Lipinski definition) is 5. The number of rotatable bonds is 9. The van der Waals surface area contributed by atoms with Gasteiger partial charge in [-0.15, -0.1) is 0 Å². The summed E-state index contributed by atoms with van der Waals surface area (Å²) in [5, 5.41) is 10.8. The van der Waals surface area contributed by atoms with Gasteiger partial charge in [-0.1, -0.05) is 6.92 Å². The number of nitro groups is 1. The van der Waals surface area contributed by atoms with Gasteiger partial charge >= 0.3 is 5.76 Å². The van der Waals surface area contributed by atoms with E-state index >= 15 is 0 Å². The Labute approximate surface area is 150 Å². The minimum atomic E-state index is -0.559. The normalized spacial score (nSPS) is 13.9. The zero-order chi connectivity index (χ0) is 18.7. The number of aryl methyl sites for hydroxylation is 1. The average Bonchev–Trinajstić information content (AvgIpc) is 3.37. The average molecular weight is 361 g/mol. The van der Waals surface area contributed by atoms with Crippen molar-refractivity contribution in [3.63, 3.8) is 0 Å². The molecule has 1 heterocycles. The van der Waals surface area contributed by atoms with Gasteiger partial charge in [0.15, 0.2) is 5.58 Å². The molecule has 1 aliphatic carbocycles. The maximum absolute atomic E-state index is 12.4. The predicted octanol–water partition coefficient (Wildman–Crippen LogP) is 2.93. The molecule has 0 spiro atoms. The minimum absolute atomic E-state index is 0.121. The first kappa shape index (κ1) is 18.2. The van der Waals surface area contributed by atoms with E-state index in [1.807, 2.05) is 4.90 Å². The number of nitrogens with zero attached hydrogens (tertiary/aromatic N) is 3. The summed E-state index contributed by atoms with van der Waals surface area (Å²) >= 11 is 0. The van der Waals surface area contributed by atoms with Crippen LogP contribution in [0.5, 0.6) is 0 Å². The first-order chi connectivity index (χ1) is 12.5. The number of oxazole rings is 1. The topological polar surface area (TPSA) is 98.6 Å². The molecule has 0 unspecified atom stereocenters. The number of amides is 1. The van der Waals surface area contributed by atoms with Gasteiger partial charge in [0.1, 0.15) is 0 Å². The van der Waals surface area contributed by atoms with Crippen molar-refractivity contribution in [2.75, 3.05) is 13.1 Å². The van der Waals surface area contributed by atoms with Crippen LogP contribution in [0, 0.1) is 16.0 Å². The molecule has 2 aromatic rings. The van der Waals surface area contributed by atoms with E-state index < -0.39 is 10.7 Å². The van der Waals surface area contributed by atoms with Crippen molar-refractivity contribution in [3.8, 4) is 0 Å². The van der Waals surface area contributed by atoms with Crippen LogP contribution in [0.3, 0.4) is 0 Å². The number of fused-ring (bicyclic) bond motifs is 1. The van der Waals surface area contributed by atoms with Crippen LogP contribution < -0.4 is 5.76 Å². The van der Waals surface area contributed by atoms with Gasteiger partial charge < -0.3 is 9.32 Å². The Morgan fingerprint density at radius 1 is 1.42 bits per heavy atom. The summed E-state index contributed by atoms with van der Waals surface area (Å²) in [7, 11) is 0. The van der Waals surface area contributed by atoms with Crippen molar-refractivity contribution in [2.24, 2.45) is 5.92 Å². The monoisotopic (exact) mass is 361 g/mol. The van der Waals surface area contributed by atoms with E-state index in [2.05, 4.69) is 6.92 Å². The molecule has 1 amide bonds. The summed E-state index contributed by atoms with van der Waals surface area (Å²) in [6.45, 7) is 4.01. The third-order valence-corrected chi connectivity index (χ3v) is 4.66. The van der Waals surface area contributed by atoms with E-state index in [0.29, 0.717) is 30.8 Å². The van der Waals surface area contributed by atoms with Crippen molar-refractivity contribution in [2.45, 2.75) is 45.6 Å². The molecule has 0 aliphatic heterocycles. The lowest BCUT2D eigenvalue weighted by Gasteiger charge is -2.22. The Morgan fingerprint density at radius 3 is 2.85 bits per heavy atom. The van der Waals surface area contributed by atoms with Gasteiger partial charge in [0.05, 0.1) is 16.5 Å². The second kappa shape index (κ2) is 7.72. The maximum Gasteiger partial charge on any atom is 0.419 e. The van der Waals surface area contributed by atoms with Gasteiger partial charge in [-0.3, -0.25) is 19.5 Å². The molecule has 3 rings (SSSR count). The lowest BCUT2D eigenvalue weighted by molar-refractivity contribution is -0.384. The fourth-order valence-electron chi connectivity index (χ4n) is 3.13. The van der Waals surface area contributed by atoms with E-state index in [1.165, 1.54) is 35.6 Å². The highest BCUT2D eigenvalue weighted by Crippen LogP contribution is 2.30. The van der Waals surface area contributed by atoms with E-state index in [1.54, 1.807) is 0 Å². The molecule has 1 aliphatic rings. The largest absolute Gasteiger partial charge is 0.419 e. The van der Waals surface area contributed by atoms with Crippen LogP contribution in [0.25, 0.3) is 11.1 Å². The van der Waals surface area contributed by atoms with Crippen molar-refractivity contribution in [3.05, 3.63) is 38.9 Å². The van der Waals surface area contributed by atoms with Crippen molar-refractivity contribution in [1.29, 1.82) is 0 Å². The second-order valence-corrected chi connectivity index (χ2v) is 6.82. The zero-order valence-corrected chi connectivity index (χ0v) is 14.8. The van der Waals surface area contributed by atoms with Gasteiger partial charge in [0.25, 0.3) is 5.69 Å². The summed E-state index contributed by atoms with van der Waals surface area (Å²) < 4.78 is 6.53. The highest BCUT2D eigenvalue weighted by atomic mass is 16.6. The quantitative estimate of drug-likeness (QED) is 0.505. The Kier molecular flexibility index (Phi) is 5.39. The van der Waals surface area contributed by atoms with Gasteiger partial charge in [-0.05, 0) is 37.7 Å². The Bertz CT molecular complexity index is 865. The fraction of sp³-hybridized carbons (Fsp3) is 0.556. The van der Waals surface area contributed by atoms with Crippen molar-refractivity contribution in [1.82, 2.24) is 9.47 Å². The molecular formula is C18H23N3O5. The van der Waals surface area contributed by atoms with Crippen LogP contribution in [-0.2, 0) is 11.3 Å². The number of hydrogen-bond donors (Lipinski definition) is 0. The summed E-state index contributed by atoms with van der Waals surface area (Å²) in [5.74, 6) is 0.216. The number of carbonyl (C=O) groups is 1. The molecule has 0 saturated heterocycles. The summed E-state index contributed by atoms with van der Waals surface area (Å²) in [6, 6.07) is 4.10. The van der Waals surface area contributed by atoms with Crippen LogP contribution in [0.2, 0.25) is 0 Å². The summed E-state index contributed by atoms with van der Waals surface area (Å²) in [4.78, 5) is 36.7. The third-order valence-electron chi connectivity index (χ3n) is 4.66. The number of carbonyl (C=O) groups excluding carboxylic acids is 1. The van der Waals surface area contributed by atoms with Crippen LogP contribution >= 0.6 is 0 Å². The molecule has 0 bridgehead atoms. The van der Waals surface area contributed by atoms with E-state index in [4.69, 9.17) is 4.42 Å². The number of nitro benzene ring substituents is 1. The molecule has 1 aromatic heterocycles. The van der Waals surface area contributed by atoms with Crippen molar-refractivity contribution >= 4 is 22.7 Å². The molecule has 1 fully saturated rings. The molecule has 0 N–H and O–H groups in total. The van der Waals surface area contributed by atoms with Gasteiger partial charge in [0.2, 0.25) is 5.91 Å². The fourth-order valence-corrected chi connectivity index (χ4v) is 3.13. The van der Waals surface area contributed by atoms with Gasteiger partial charge in [0, 0.05) is 32.1 Å². The summed E-state index contributed by atoms with van der Waals surface area (Å²) in [5.41, 5.74) is 0.581. The first-order valence-electron chi connectivity index (χ1n) is 9.05. The Hall–Kier alpha value is -2.64. The second-order valence-electron chi connectivity index (χ2n) is 6.82. The number of benzene rings is 1. The van der Waals surface area contributed by atoms with Crippen molar-refractivity contribution < 1.29 is 14.1 Å². The smallest absolute Gasteiger partial charge is 0.407 e. The van der Waals surface area contributed by atoms with E-state index in [0.717, 1.165) is 19.5 Å². The van der Waals surface area contributed by atoms with Gasteiger partial charge in [-0.2, -0.15) is 0 Å². The SMILES string of the molecule is CCCN(CC1CC1)C(=O)CCCn1c(=O)oc2cc([N+](=O)[O-])ccc21. The minimum Gasteiger partial charge on any atom is -0.407 e. The van der Waals surface area contributed by atoms with Gasteiger partial charge in [-0.25, -0.2) is 4.79 Å². The van der Waals surface area contributed by atoms with Crippen LogP contribution in [-0.4, -0.2) is 33.4 Å². The summed E-state index contributed by atoms with van der Waals surface area (Å²) in [6.07, 6.45) is 4.24. The van der Waals surface area contributed by atoms with E-state index in [9.17, 15) is 19.7 Å². The highest BCUT2D eigenvalue weighted by Gasteiger charge is 2.26. The zero-order valence-electron chi connectivity index (χ0n) is 14.8. The molecule has 1 aromatic carbocycles. The Morgan fingerprint density at radius 2 is 2.19 bits per heavy atom.